The van der Waals surface area contributed by atoms with Gasteiger partial charge in [-0.1, -0.05) is 0 Å². The summed E-state index contributed by atoms with van der Waals surface area (Å²) in [6.45, 7) is 0. The molecule has 1 N–H and O–H groups in total. The number of halogens is 1. The molecule has 0 radical (unpaired) electrons. The molecule has 22 heavy (non-hydrogen) atoms. The zero-order chi connectivity index (χ0) is 15.7. The van der Waals surface area contributed by atoms with E-state index in [0.29, 0.717) is 16.6 Å². The fourth-order valence-electron chi connectivity index (χ4n) is 2.20. The van der Waals surface area contributed by atoms with Crippen LogP contribution in [0.5, 0.6) is 0 Å². The lowest BCUT2D eigenvalue weighted by molar-refractivity contribution is 0.0699. The van der Waals surface area contributed by atoms with Gasteiger partial charge < -0.3 is 5.11 Å². The van der Waals surface area contributed by atoms with Crippen molar-refractivity contribution >= 4 is 29.0 Å². The molecule has 6 heteroatoms. The summed E-state index contributed by atoms with van der Waals surface area (Å²) in [5.74, 6) is -1.53. The molecular weight excluding hydrogens is 285 g/mol. The minimum atomic E-state index is -1.07. The van der Waals surface area contributed by atoms with E-state index in [4.69, 9.17) is 0 Å². The van der Waals surface area contributed by atoms with Gasteiger partial charge >= 0.3 is 5.97 Å². The topological polar surface area (TPSA) is 68.0 Å². The molecule has 3 aromatic rings. The van der Waals surface area contributed by atoms with Crippen molar-refractivity contribution in [2.75, 3.05) is 0 Å². The van der Waals surface area contributed by atoms with Crippen molar-refractivity contribution in [3.63, 3.8) is 0 Å². The molecule has 0 aliphatic heterocycles. The quantitative estimate of drug-likeness (QED) is 0.807. The van der Waals surface area contributed by atoms with Crippen molar-refractivity contribution in [3.8, 4) is 0 Å². The third kappa shape index (κ3) is 2.58. The SMILES string of the molecule is Cn1nccc1/C=C/c1cc(C(=O)O)c2ccc(F)cc2n1. The fraction of sp³-hybridized carbons (Fsp3) is 0.0625. The molecule has 0 saturated heterocycles. The molecule has 5 nitrogen and oxygen atoms in total. The number of aromatic nitrogens is 3. The second-order valence-electron chi connectivity index (χ2n) is 4.77. The van der Waals surface area contributed by atoms with Gasteiger partial charge in [-0.15, -0.1) is 0 Å². The van der Waals surface area contributed by atoms with E-state index in [1.807, 2.05) is 6.07 Å². The molecule has 0 unspecified atom stereocenters. The molecule has 0 aliphatic rings. The average molecular weight is 297 g/mol. The van der Waals surface area contributed by atoms with E-state index in [0.717, 1.165) is 5.69 Å². The highest BCUT2D eigenvalue weighted by Gasteiger charge is 2.11. The van der Waals surface area contributed by atoms with Crippen LogP contribution >= 0.6 is 0 Å². The summed E-state index contributed by atoms with van der Waals surface area (Å²) in [6.07, 6.45) is 5.10. The van der Waals surface area contributed by atoms with E-state index in [2.05, 4.69) is 10.1 Å². The number of fused-ring (bicyclic) bond motifs is 1. The minimum Gasteiger partial charge on any atom is -0.478 e. The smallest absolute Gasteiger partial charge is 0.336 e. The molecule has 2 heterocycles. The van der Waals surface area contributed by atoms with Crippen molar-refractivity contribution in [2.24, 2.45) is 7.05 Å². The number of carbonyl (C=O) groups is 1. The van der Waals surface area contributed by atoms with E-state index >= 15 is 0 Å². The highest BCUT2D eigenvalue weighted by atomic mass is 19.1. The Morgan fingerprint density at radius 3 is 2.77 bits per heavy atom. The number of aromatic carboxylic acids is 1. The Morgan fingerprint density at radius 2 is 2.09 bits per heavy atom. The third-order valence-electron chi connectivity index (χ3n) is 3.31. The molecule has 110 valence electrons. The molecule has 0 fully saturated rings. The first-order valence-electron chi connectivity index (χ1n) is 6.54. The number of nitrogens with zero attached hydrogens (tertiary/aromatic N) is 3. The van der Waals surface area contributed by atoms with E-state index in [9.17, 15) is 14.3 Å². The van der Waals surface area contributed by atoms with Crippen LogP contribution in [0.25, 0.3) is 23.1 Å². The maximum Gasteiger partial charge on any atom is 0.336 e. The Kier molecular flexibility index (Phi) is 3.42. The number of rotatable bonds is 3. The van der Waals surface area contributed by atoms with Gasteiger partial charge in [0.05, 0.1) is 22.5 Å². The van der Waals surface area contributed by atoms with E-state index in [-0.39, 0.29) is 5.56 Å². The van der Waals surface area contributed by atoms with E-state index < -0.39 is 11.8 Å². The third-order valence-corrected chi connectivity index (χ3v) is 3.31. The van der Waals surface area contributed by atoms with Crippen LogP contribution in [0.3, 0.4) is 0 Å². The zero-order valence-electron chi connectivity index (χ0n) is 11.7. The van der Waals surface area contributed by atoms with Crippen LogP contribution in [0, 0.1) is 5.82 Å². The summed E-state index contributed by atoms with van der Waals surface area (Å²) < 4.78 is 15.0. The van der Waals surface area contributed by atoms with Crippen LogP contribution in [-0.2, 0) is 7.05 Å². The Morgan fingerprint density at radius 1 is 1.27 bits per heavy atom. The summed E-state index contributed by atoms with van der Waals surface area (Å²) >= 11 is 0. The van der Waals surface area contributed by atoms with E-state index in [1.54, 1.807) is 30.1 Å². The lowest BCUT2D eigenvalue weighted by Crippen LogP contribution is -2.00. The molecular formula is C16H12FN3O2. The Hall–Kier alpha value is -3.02. The summed E-state index contributed by atoms with van der Waals surface area (Å²) in [6, 6.07) is 7.16. The number of carboxylic acid groups (broad SMARTS) is 1. The van der Waals surface area contributed by atoms with Crippen LogP contribution in [0.2, 0.25) is 0 Å². The largest absolute Gasteiger partial charge is 0.478 e. The molecule has 0 saturated carbocycles. The van der Waals surface area contributed by atoms with Crippen molar-refractivity contribution in [3.05, 3.63) is 59.3 Å². The Bertz CT molecular complexity index is 900. The maximum atomic E-state index is 13.3. The number of pyridine rings is 1. The summed E-state index contributed by atoms with van der Waals surface area (Å²) in [5.41, 5.74) is 1.69. The number of carboxylic acids is 1. The number of benzene rings is 1. The van der Waals surface area contributed by atoms with Gasteiger partial charge in [-0.3, -0.25) is 4.68 Å². The van der Waals surface area contributed by atoms with Gasteiger partial charge in [-0.05, 0) is 36.4 Å². The number of aryl methyl sites for hydroxylation is 1. The number of hydrogen-bond donors (Lipinski definition) is 1. The van der Waals surface area contributed by atoms with E-state index in [1.165, 1.54) is 24.3 Å². The van der Waals surface area contributed by atoms with Gasteiger partial charge in [0.1, 0.15) is 5.82 Å². The van der Waals surface area contributed by atoms with Gasteiger partial charge in [0.25, 0.3) is 0 Å². The Labute approximate surface area is 125 Å². The predicted octanol–water partition coefficient (Wildman–Crippen LogP) is 2.98. The van der Waals surface area contributed by atoms with Crippen molar-refractivity contribution in [1.82, 2.24) is 14.8 Å². The van der Waals surface area contributed by atoms with Crippen molar-refractivity contribution in [1.29, 1.82) is 0 Å². The molecule has 0 bridgehead atoms. The average Bonchev–Trinajstić information content (AvgIpc) is 2.89. The second-order valence-corrected chi connectivity index (χ2v) is 4.77. The molecule has 0 spiro atoms. The monoisotopic (exact) mass is 297 g/mol. The normalized spacial score (nSPS) is 11.4. The second kappa shape index (κ2) is 5.40. The molecule has 0 amide bonds. The first kappa shape index (κ1) is 13.9. The van der Waals surface area contributed by atoms with Gasteiger partial charge in [0, 0.05) is 24.7 Å². The molecule has 0 atom stereocenters. The van der Waals surface area contributed by atoms with Crippen LogP contribution in [0.1, 0.15) is 21.7 Å². The van der Waals surface area contributed by atoms with Crippen LogP contribution in [0.15, 0.2) is 36.5 Å². The lowest BCUT2D eigenvalue weighted by atomic mass is 10.1. The lowest BCUT2D eigenvalue weighted by Gasteiger charge is -2.04. The summed E-state index contributed by atoms with van der Waals surface area (Å²) in [7, 11) is 1.80. The van der Waals surface area contributed by atoms with Gasteiger partial charge in [0.2, 0.25) is 0 Å². The summed E-state index contributed by atoms with van der Waals surface area (Å²) in [4.78, 5) is 15.7. The van der Waals surface area contributed by atoms with Crippen LogP contribution in [0.4, 0.5) is 4.39 Å². The molecule has 1 aromatic carbocycles. The van der Waals surface area contributed by atoms with Crippen LogP contribution in [-0.4, -0.2) is 25.8 Å². The predicted molar refractivity (Wildman–Crippen MR) is 80.8 cm³/mol. The summed E-state index contributed by atoms with van der Waals surface area (Å²) in [5, 5.41) is 13.8. The van der Waals surface area contributed by atoms with Gasteiger partial charge in [-0.2, -0.15) is 5.10 Å². The minimum absolute atomic E-state index is 0.0923. The standard InChI is InChI=1S/C16H12FN3O2/c1-20-12(6-7-18-20)4-3-11-9-14(16(21)22)13-5-2-10(17)8-15(13)19-11/h2-9H,1H3,(H,21,22)/b4-3+. The molecule has 2 aromatic heterocycles. The highest BCUT2D eigenvalue weighted by molar-refractivity contribution is 6.03. The highest BCUT2D eigenvalue weighted by Crippen LogP contribution is 2.21. The van der Waals surface area contributed by atoms with Crippen molar-refractivity contribution in [2.45, 2.75) is 0 Å². The number of hydrogen-bond acceptors (Lipinski definition) is 3. The van der Waals surface area contributed by atoms with Gasteiger partial charge in [0.15, 0.2) is 0 Å². The molecule has 3 rings (SSSR count). The molecule has 0 aliphatic carbocycles. The fourth-order valence-corrected chi connectivity index (χ4v) is 2.20. The van der Waals surface area contributed by atoms with Crippen LogP contribution < -0.4 is 0 Å². The van der Waals surface area contributed by atoms with Gasteiger partial charge in [-0.25, -0.2) is 14.2 Å². The Balaban J connectivity index is 2.12. The first-order valence-corrected chi connectivity index (χ1v) is 6.54. The zero-order valence-corrected chi connectivity index (χ0v) is 11.7. The first-order chi connectivity index (χ1) is 10.5. The maximum absolute atomic E-state index is 13.3. The van der Waals surface area contributed by atoms with Crippen molar-refractivity contribution < 1.29 is 14.3 Å².